The number of aliphatic imine (C=N–C) groups is 1. The number of rotatable bonds is 5. The molecule has 27 heavy (non-hydrogen) atoms. The molecule has 6 rings (SSSR count). The molecule has 2 bridgehead atoms. The lowest BCUT2D eigenvalue weighted by Crippen LogP contribution is -2.56. The summed E-state index contributed by atoms with van der Waals surface area (Å²) in [5.74, 6) is 7.07. The van der Waals surface area contributed by atoms with Gasteiger partial charge in [-0.05, 0) is 90.2 Å². The molecule has 0 heterocycles. The van der Waals surface area contributed by atoms with E-state index in [0.29, 0.717) is 30.3 Å². The van der Waals surface area contributed by atoms with Crippen molar-refractivity contribution in [1.29, 1.82) is 0 Å². The molecule has 5 saturated carbocycles. The van der Waals surface area contributed by atoms with E-state index >= 15 is 0 Å². The Morgan fingerprint density at radius 3 is 2.59 bits per heavy atom. The van der Waals surface area contributed by atoms with Crippen LogP contribution >= 0.6 is 0 Å². The van der Waals surface area contributed by atoms with E-state index in [2.05, 4.69) is 48.4 Å². The number of hydrogen-bond donors (Lipinski definition) is 3. The van der Waals surface area contributed by atoms with Gasteiger partial charge in [0.2, 0.25) is 0 Å². The maximum absolute atomic E-state index is 11.6. The van der Waals surface area contributed by atoms with E-state index in [-0.39, 0.29) is 0 Å². The minimum absolute atomic E-state index is 0.429. The Kier molecular flexibility index (Phi) is 3.21. The van der Waals surface area contributed by atoms with Crippen LogP contribution in [0.1, 0.15) is 44.6 Å². The molecule has 10 atom stereocenters. The third-order valence-electron chi connectivity index (χ3n) is 9.39. The largest absolute Gasteiger partial charge is 0.387 e. The number of nitrogens with one attached hydrogen (secondary N) is 1. The van der Waals surface area contributed by atoms with Crippen molar-refractivity contribution in [3.05, 3.63) is 29.8 Å². The summed E-state index contributed by atoms with van der Waals surface area (Å²) in [6.45, 7) is 4.94. The predicted molar refractivity (Wildman–Crippen MR) is 107 cm³/mol. The first-order valence-corrected chi connectivity index (χ1v) is 10.9. The highest BCUT2D eigenvalue weighted by molar-refractivity contribution is 5.92. The van der Waals surface area contributed by atoms with Crippen molar-refractivity contribution in [3.8, 4) is 0 Å². The van der Waals surface area contributed by atoms with Gasteiger partial charge in [-0.2, -0.15) is 0 Å². The Morgan fingerprint density at radius 1 is 1.15 bits per heavy atom. The third-order valence-corrected chi connectivity index (χ3v) is 9.39. The molecular formula is C23H31N3O. The van der Waals surface area contributed by atoms with E-state index in [0.717, 1.165) is 47.6 Å². The van der Waals surface area contributed by atoms with Crippen LogP contribution in [0.5, 0.6) is 0 Å². The van der Waals surface area contributed by atoms with Crippen molar-refractivity contribution in [3.63, 3.8) is 0 Å². The number of guanidine groups is 1. The Labute approximate surface area is 161 Å². The smallest absolute Gasteiger partial charge is 0.193 e. The Morgan fingerprint density at radius 2 is 1.85 bits per heavy atom. The van der Waals surface area contributed by atoms with Crippen molar-refractivity contribution < 1.29 is 5.11 Å². The van der Waals surface area contributed by atoms with Crippen LogP contribution in [0.4, 0.5) is 5.69 Å². The molecule has 5 aliphatic carbocycles. The van der Waals surface area contributed by atoms with Crippen LogP contribution in [-0.2, 0) is 0 Å². The van der Waals surface area contributed by atoms with Gasteiger partial charge in [0.15, 0.2) is 5.96 Å². The number of anilines is 1. The highest BCUT2D eigenvalue weighted by Crippen LogP contribution is 2.85. The van der Waals surface area contributed by atoms with Crippen LogP contribution in [0.25, 0.3) is 0 Å². The summed E-state index contributed by atoms with van der Waals surface area (Å²) in [5, 5.41) is 14.8. The summed E-state index contributed by atoms with van der Waals surface area (Å²) < 4.78 is 0. The summed E-state index contributed by atoms with van der Waals surface area (Å²) in [7, 11) is 0. The van der Waals surface area contributed by atoms with Crippen LogP contribution in [-0.4, -0.2) is 23.2 Å². The van der Waals surface area contributed by atoms with Crippen molar-refractivity contribution in [2.45, 2.75) is 44.6 Å². The molecule has 5 aliphatic rings. The molecule has 0 spiro atoms. The van der Waals surface area contributed by atoms with Crippen LogP contribution in [0.3, 0.4) is 0 Å². The minimum atomic E-state index is -0.586. The molecule has 0 amide bonds. The van der Waals surface area contributed by atoms with Crippen LogP contribution in [0, 0.1) is 47.3 Å². The first kappa shape index (κ1) is 16.4. The second-order valence-electron chi connectivity index (χ2n) is 10.1. The van der Waals surface area contributed by atoms with Gasteiger partial charge in [0.25, 0.3) is 0 Å². The number of hydrogen-bond acceptors (Lipinski definition) is 2. The van der Waals surface area contributed by atoms with Gasteiger partial charge in [0.05, 0.1) is 12.1 Å². The Hall–Kier alpha value is -1.55. The van der Waals surface area contributed by atoms with E-state index in [1.54, 1.807) is 0 Å². The Balaban J connectivity index is 1.16. The topological polar surface area (TPSA) is 70.6 Å². The van der Waals surface area contributed by atoms with Crippen LogP contribution < -0.4 is 11.1 Å². The molecule has 0 aromatic heterocycles. The van der Waals surface area contributed by atoms with Gasteiger partial charge in [-0.15, -0.1) is 0 Å². The van der Waals surface area contributed by atoms with E-state index in [9.17, 15) is 5.11 Å². The van der Waals surface area contributed by atoms with Gasteiger partial charge in [-0.1, -0.05) is 26.0 Å². The number of aliphatic hydroxyl groups is 1. The predicted octanol–water partition coefficient (Wildman–Crippen LogP) is 3.44. The Bertz CT molecular complexity index is 798. The zero-order chi connectivity index (χ0) is 18.5. The summed E-state index contributed by atoms with van der Waals surface area (Å²) >= 11 is 0. The standard InChI is InChI=1S/C23H31N3O/c1-3-11(2)12-4-6-13(7-5-12)26-22(24)25-10-23(27)20-15-9-16-18-14(15)8-17(20)19(18)21(16)23/h4-7,11,14-21,27H,3,8-10H2,1-2H3,(H3,24,25,26). The summed E-state index contributed by atoms with van der Waals surface area (Å²) in [5.41, 5.74) is 7.91. The molecule has 0 saturated heterocycles. The highest BCUT2D eigenvalue weighted by Gasteiger charge is 2.84. The molecule has 4 heteroatoms. The molecule has 10 unspecified atom stereocenters. The summed E-state index contributed by atoms with van der Waals surface area (Å²) in [4.78, 5) is 4.62. The SMILES string of the molecule is CCC(C)c1ccc(NC(N)=NCC2(O)C3C4CC5C6C4CC3C6C52)cc1. The fourth-order valence-corrected chi connectivity index (χ4v) is 8.47. The maximum atomic E-state index is 11.6. The number of benzene rings is 1. The number of fused-ring (bicyclic) bond motifs is 2. The highest BCUT2D eigenvalue weighted by atomic mass is 16.3. The van der Waals surface area contributed by atoms with Crippen LogP contribution in [0.2, 0.25) is 0 Å². The van der Waals surface area contributed by atoms with Crippen molar-refractivity contribution >= 4 is 11.6 Å². The van der Waals surface area contributed by atoms with Crippen LogP contribution in [0.15, 0.2) is 29.3 Å². The van der Waals surface area contributed by atoms with Crippen molar-refractivity contribution in [2.24, 2.45) is 58.1 Å². The van der Waals surface area contributed by atoms with Gasteiger partial charge in [0.1, 0.15) is 0 Å². The average molecular weight is 366 g/mol. The van der Waals surface area contributed by atoms with E-state index < -0.39 is 5.60 Å². The first-order valence-electron chi connectivity index (χ1n) is 10.9. The lowest BCUT2D eigenvalue weighted by molar-refractivity contribution is -0.123. The number of nitrogens with zero attached hydrogens (tertiary/aromatic N) is 1. The van der Waals surface area contributed by atoms with Gasteiger partial charge < -0.3 is 16.2 Å². The average Bonchev–Trinajstić information content (AvgIpc) is 3.19. The molecule has 144 valence electrons. The van der Waals surface area contributed by atoms with Gasteiger partial charge in [-0.3, -0.25) is 4.99 Å². The lowest BCUT2D eigenvalue weighted by Gasteiger charge is -2.51. The fraction of sp³-hybridized carbons (Fsp3) is 0.696. The molecule has 0 aliphatic heterocycles. The molecular weight excluding hydrogens is 334 g/mol. The van der Waals surface area contributed by atoms with Crippen molar-refractivity contribution in [1.82, 2.24) is 0 Å². The number of nitrogens with two attached hydrogens (primary N) is 1. The maximum Gasteiger partial charge on any atom is 0.193 e. The molecule has 4 nitrogen and oxygen atoms in total. The van der Waals surface area contributed by atoms with Gasteiger partial charge in [-0.25, -0.2) is 0 Å². The van der Waals surface area contributed by atoms with Gasteiger partial charge in [0, 0.05) is 5.69 Å². The zero-order valence-electron chi connectivity index (χ0n) is 16.3. The molecule has 1 aromatic carbocycles. The normalized spacial score (nSPS) is 48.9. The van der Waals surface area contributed by atoms with E-state index in [4.69, 9.17) is 5.73 Å². The molecule has 5 fully saturated rings. The third kappa shape index (κ3) is 1.90. The summed E-state index contributed by atoms with van der Waals surface area (Å²) in [6, 6.07) is 8.46. The van der Waals surface area contributed by atoms with E-state index in [1.807, 2.05) is 0 Å². The monoisotopic (exact) mass is 365 g/mol. The van der Waals surface area contributed by atoms with E-state index in [1.165, 1.54) is 18.4 Å². The molecule has 4 N–H and O–H groups in total. The molecule has 0 radical (unpaired) electrons. The zero-order valence-corrected chi connectivity index (χ0v) is 16.3. The van der Waals surface area contributed by atoms with Gasteiger partial charge >= 0.3 is 0 Å². The lowest BCUT2D eigenvalue weighted by atomic mass is 9.56. The first-order chi connectivity index (χ1) is 13.0. The fourth-order valence-electron chi connectivity index (χ4n) is 8.47. The van der Waals surface area contributed by atoms with Crippen molar-refractivity contribution in [2.75, 3.05) is 11.9 Å². The minimum Gasteiger partial charge on any atom is -0.387 e. The second kappa shape index (κ2) is 5.28. The second-order valence-corrected chi connectivity index (χ2v) is 10.1. The quantitative estimate of drug-likeness (QED) is 0.553. The molecule has 1 aromatic rings. The summed E-state index contributed by atoms with van der Waals surface area (Å²) in [6.07, 6.45) is 3.92.